The van der Waals surface area contributed by atoms with Gasteiger partial charge in [0.1, 0.15) is 0 Å². The van der Waals surface area contributed by atoms with Gasteiger partial charge in [0.05, 0.1) is 12.5 Å². The normalized spacial score (nSPS) is 20.0. The van der Waals surface area contributed by atoms with E-state index in [9.17, 15) is 14.4 Å². The number of piperidine rings is 1. The molecule has 0 bridgehead atoms. The molecule has 0 aromatic carbocycles. The molecule has 1 aliphatic carbocycles. The van der Waals surface area contributed by atoms with Gasteiger partial charge < -0.3 is 14.9 Å². The number of carboxylic acid groups (broad SMARTS) is 1. The molecule has 1 N–H and O–H groups in total. The van der Waals surface area contributed by atoms with Crippen molar-refractivity contribution < 1.29 is 19.5 Å². The molecule has 0 spiro atoms. The number of nitrogens with zero attached hydrogens (tertiary/aromatic N) is 2. The van der Waals surface area contributed by atoms with Gasteiger partial charge in [-0.2, -0.15) is 0 Å². The summed E-state index contributed by atoms with van der Waals surface area (Å²) in [4.78, 5) is 38.7. The summed E-state index contributed by atoms with van der Waals surface area (Å²) in [5.41, 5.74) is 0. The van der Waals surface area contributed by atoms with Crippen molar-refractivity contribution in [2.24, 2.45) is 11.8 Å². The van der Waals surface area contributed by atoms with Crippen molar-refractivity contribution in [1.29, 1.82) is 0 Å². The van der Waals surface area contributed by atoms with Crippen LogP contribution in [0.2, 0.25) is 0 Å². The first-order chi connectivity index (χ1) is 11.5. The predicted octanol–water partition coefficient (Wildman–Crippen LogP) is 2.13. The molecular formula is C18H30N2O4. The fourth-order valence-electron chi connectivity index (χ4n) is 3.76. The Bertz CT molecular complexity index is 452. The van der Waals surface area contributed by atoms with E-state index in [0.29, 0.717) is 38.3 Å². The minimum absolute atomic E-state index is 0.0364. The van der Waals surface area contributed by atoms with Crippen LogP contribution in [0.1, 0.15) is 57.8 Å². The summed E-state index contributed by atoms with van der Waals surface area (Å²) in [6, 6.07) is 0. The third-order valence-electron chi connectivity index (χ3n) is 5.49. The van der Waals surface area contributed by atoms with Gasteiger partial charge in [-0.15, -0.1) is 0 Å². The van der Waals surface area contributed by atoms with E-state index >= 15 is 0 Å². The molecule has 2 amide bonds. The summed E-state index contributed by atoms with van der Waals surface area (Å²) in [5, 5.41) is 8.99. The summed E-state index contributed by atoms with van der Waals surface area (Å²) in [5.74, 6) is -0.496. The van der Waals surface area contributed by atoms with E-state index in [1.807, 2.05) is 0 Å². The molecule has 0 radical (unpaired) electrons. The average molecular weight is 338 g/mol. The molecule has 6 nitrogen and oxygen atoms in total. The lowest BCUT2D eigenvalue weighted by molar-refractivity contribution is -0.146. The molecule has 0 atom stereocenters. The van der Waals surface area contributed by atoms with Crippen molar-refractivity contribution in [3.05, 3.63) is 0 Å². The van der Waals surface area contributed by atoms with Crippen LogP contribution in [0.15, 0.2) is 0 Å². The molecule has 0 aromatic rings. The molecule has 2 aliphatic rings. The zero-order valence-electron chi connectivity index (χ0n) is 14.7. The fourth-order valence-corrected chi connectivity index (χ4v) is 3.76. The number of rotatable bonds is 6. The van der Waals surface area contributed by atoms with Crippen LogP contribution in [0.5, 0.6) is 0 Å². The summed E-state index contributed by atoms with van der Waals surface area (Å²) >= 11 is 0. The van der Waals surface area contributed by atoms with Gasteiger partial charge in [-0.05, 0) is 25.2 Å². The Hall–Kier alpha value is -1.59. The number of aliphatic carboxylic acids is 1. The quantitative estimate of drug-likeness (QED) is 0.805. The van der Waals surface area contributed by atoms with E-state index in [0.717, 1.165) is 6.42 Å². The Balaban J connectivity index is 1.68. The van der Waals surface area contributed by atoms with Crippen LogP contribution in [0, 0.1) is 11.8 Å². The highest BCUT2D eigenvalue weighted by molar-refractivity contribution is 5.84. The molecule has 1 saturated carbocycles. The van der Waals surface area contributed by atoms with Gasteiger partial charge in [0.25, 0.3) is 0 Å². The van der Waals surface area contributed by atoms with E-state index in [2.05, 4.69) is 0 Å². The van der Waals surface area contributed by atoms with E-state index in [-0.39, 0.29) is 24.3 Å². The zero-order chi connectivity index (χ0) is 17.5. The number of hydrogen-bond acceptors (Lipinski definition) is 3. The molecule has 1 aliphatic heterocycles. The number of carbonyl (C=O) groups excluding carboxylic acids is 2. The molecule has 1 heterocycles. The molecule has 2 rings (SSSR count). The van der Waals surface area contributed by atoms with E-state index in [1.54, 1.807) is 11.9 Å². The average Bonchev–Trinajstić information content (AvgIpc) is 2.60. The smallest absolute Gasteiger partial charge is 0.306 e. The molecule has 136 valence electrons. The van der Waals surface area contributed by atoms with Crippen LogP contribution in [0.4, 0.5) is 0 Å². The van der Waals surface area contributed by atoms with Crippen molar-refractivity contribution >= 4 is 17.8 Å². The van der Waals surface area contributed by atoms with Crippen LogP contribution >= 0.6 is 0 Å². The third-order valence-corrected chi connectivity index (χ3v) is 5.49. The minimum Gasteiger partial charge on any atom is -0.481 e. The molecule has 0 aromatic heterocycles. The van der Waals surface area contributed by atoms with Gasteiger partial charge >= 0.3 is 5.97 Å². The van der Waals surface area contributed by atoms with Crippen molar-refractivity contribution in [1.82, 2.24) is 9.80 Å². The lowest BCUT2D eigenvalue weighted by Gasteiger charge is -2.31. The van der Waals surface area contributed by atoms with Crippen LogP contribution in [-0.4, -0.2) is 59.4 Å². The third kappa shape index (κ3) is 5.49. The van der Waals surface area contributed by atoms with Gasteiger partial charge in [0, 0.05) is 26.6 Å². The molecule has 2 fully saturated rings. The van der Waals surface area contributed by atoms with Crippen LogP contribution in [0.25, 0.3) is 0 Å². The number of likely N-dealkylation sites (tertiary alicyclic amines) is 1. The largest absolute Gasteiger partial charge is 0.481 e. The number of carboxylic acids is 1. The maximum Gasteiger partial charge on any atom is 0.306 e. The first-order valence-electron chi connectivity index (χ1n) is 9.22. The summed E-state index contributed by atoms with van der Waals surface area (Å²) in [7, 11) is 1.69. The molecule has 24 heavy (non-hydrogen) atoms. The second-order valence-electron chi connectivity index (χ2n) is 7.29. The number of amides is 2. The highest BCUT2D eigenvalue weighted by Gasteiger charge is 2.28. The van der Waals surface area contributed by atoms with Gasteiger partial charge in [0.2, 0.25) is 11.8 Å². The van der Waals surface area contributed by atoms with Crippen LogP contribution in [0.3, 0.4) is 0 Å². The van der Waals surface area contributed by atoms with Gasteiger partial charge in [-0.1, -0.05) is 32.1 Å². The Morgan fingerprint density at radius 1 is 1.04 bits per heavy atom. The number of likely N-dealkylation sites (N-methyl/N-ethyl adjacent to an activating group) is 1. The monoisotopic (exact) mass is 338 g/mol. The first-order valence-corrected chi connectivity index (χ1v) is 9.22. The Labute approximate surface area is 144 Å². The second-order valence-corrected chi connectivity index (χ2v) is 7.29. The standard InChI is InChI=1S/C18H30N2O4/c1-19(16(21)8-7-14-5-3-2-4-6-14)13-17(22)20-11-9-15(10-12-20)18(23)24/h14-15H,2-13H2,1H3,(H,23,24). The topological polar surface area (TPSA) is 77.9 Å². The minimum atomic E-state index is -0.780. The highest BCUT2D eigenvalue weighted by atomic mass is 16.4. The summed E-state index contributed by atoms with van der Waals surface area (Å²) in [6.07, 6.45) is 8.79. The van der Waals surface area contributed by atoms with Gasteiger partial charge in [0.15, 0.2) is 0 Å². The molecule has 1 saturated heterocycles. The summed E-state index contributed by atoms with van der Waals surface area (Å²) in [6.45, 7) is 1.04. The Morgan fingerprint density at radius 2 is 1.67 bits per heavy atom. The molecule has 0 unspecified atom stereocenters. The Kier molecular flexibility index (Phi) is 7.06. The first kappa shape index (κ1) is 18.7. The van der Waals surface area contributed by atoms with E-state index in [1.165, 1.54) is 37.0 Å². The van der Waals surface area contributed by atoms with Gasteiger partial charge in [-0.3, -0.25) is 14.4 Å². The lowest BCUT2D eigenvalue weighted by atomic mass is 9.86. The lowest BCUT2D eigenvalue weighted by Crippen LogP contribution is -2.45. The van der Waals surface area contributed by atoms with Crippen LogP contribution in [-0.2, 0) is 14.4 Å². The van der Waals surface area contributed by atoms with E-state index < -0.39 is 5.97 Å². The zero-order valence-corrected chi connectivity index (χ0v) is 14.7. The van der Waals surface area contributed by atoms with Crippen molar-refractivity contribution in [3.8, 4) is 0 Å². The maximum atomic E-state index is 12.3. The predicted molar refractivity (Wildman–Crippen MR) is 90.4 cm³/mol. The number of carbonyl (C=O) groups is 3. The number of hydrogen-bond donors (Lipinski definition) is 1. The van der Waals surface area contributed by atoms with Crippen molar-refractivity contribution in [2.75, 3.05) is 26.7 Å². The second kappa shape index (κ2) is 9.04. The SMILES string of the molecule is CN(CC(=O)N1CCC(C(=O)O)CC1)C(=O)CCC1CCCCC1. The Morgan fingerprint density at radius 3 is 2.25 bits per heavy atom. The van der Waals surface area contributed by atoms with Gasteiger partial charge in [-0.25, -0.2) is 0 Å². The van der Waals surface area contributed by atoms with Crippen molar-refractivity contribution in [2.45, 2.75) is 57.8 Å². The van der Waals surface area contributed by atoms with Crippen LogP contribution < -0.4 is 0 Å². The molecular weight excluding hydrogens is 308 g/mol. The summed E-state index contributed by atoms with van der Waals surface area (Å²) < 4.78 is 0. The molecule has 6 heteroatoms. The fraction of sp³-hybridized carbons (Fsp3) is 0.833. The van der Waals surface area contributed by atoms with E-state index in [4.69, 9.17) is 5.11 Å². The van der Waals surface area contributed by atoms with Crippen molar-refractivity contribution in [3.63, 3.8) is 0 Å². The maximum absolute atomic E-state index is 12.3. The highest BCUT2D eigenvalue weighted by Crippen LogP contribution is 2.27.